The van der Waals surface area contributed by atoms with Gasteiger partial charge in [0.25, 0.3) is 0 Å². The van der Waals surface area contributed by atoms with Crippen LogP contribution in [0.25, 0.3) is 5.69 Å². The minimum atomic E-state index is -0.370. The number of hydrogen-bond acceptors (Lipinski definition) is 2. The van der Waals surface area contributed by atoms with Crippen LogP contribution in [0.15, 0.2) is 30.5 Å². The summed E-state index contributed by atoms with van der Waals surface area (Å²) in [6.45, 7) is 0. The van der Waals surface area contributed by atoms with Crippen molar-refractivity contribution in [2.45, 2.75) is 18.8 Å². The van der Waals surface area contributed by atoms with Crippen LogP contribution in [0.1, 0.15) is 30.0 Å². The lowest BCUT2D eigenvalue weighted by atomic mass is 10.2. The molecule has 1 aliphatic rings. The molecular formula is C13H12FN3S. The van der Waals surface area contributed by atoms with Gasteiger partial charge >= 0.3 is 0 Å². The molecule has 5 heteroatoms. The highest BCUT2D eigenvalue weighted by Crippen LogP contribution is 2.39. The third kappa shape index (κ3) is 2.01. The van der Waals surface area contributed by atoms with Crippen LogP contribution in [0.5, 0.6) is 0 Å². The molecule has 1 aromatic carbocycles. The predicted molar refractivity (Wildman–Crippen MR) is 71.4 cm³/mol. The average Bonchev–Trinajstić information content (AvgIpc) is 3.08. The zero-order valence-electron chi connectivity index (χ0n) is 9.64. The molecule has 3 rings (SSSR count). The second kappa shape index (κ2) is 4.17. The first-order chi connectivity index (χ1) is 8.65. The third-order valence-electron chi connectivity index (χ3n) is 3.08. The fraction of sp³-hybridized carbons (Fsp3) is 0.231. The Morgan fingerprint density at radius 2 is 2.17 bits per heavy atom. The quantitative estimate of drug-likeness (QED) is 0.863. The van der Waals surface area contributed by atoms with Gasteiger partial charge in [0.05, 0.1) is 5.69 Å². The van der Waals surface area contributed by atoms with E-state index in [0.29, 0.717) is 17.2 Å². The first kappa shape index (κ1) is 11.3. The van der Waals surface area contributed by atoms with E-state index in [4.69, 9.17) is 18.0 Å². The van der Waals surface area contributed by atoms with E-state index in [1.54, 1.807) is 23.0 Å². The molecule has 18 heavy (non-hydrogen) atoms. The molecule has 0 atom stereocenters. The lowest BCUT2D eigenvalue weighted by Gasteiger charge is -2.05. The summed E-state index contributed by atoms with van der Waals surface area (Å²) in [4.78, 5) is 0.194. The van der Waals surface area contributed by atoms with Crippen LogP contribution in [-0.4, -0.2) is 14.8 Å². The standard InChI is InChI=1S/C13H12FN3S/c14-10-7-9(13(15)18)3-4-12(10)17-6-5-11(16-17)8-1-2-8/h3-8H,1-2H2,(H2,15,18). The van der Waals surface area contributed by atoms with Gasteiger partial charge in [-0.2, -0.15) is 5.10 Å². The Labute approximate surface area is 109 Å². The zero-order chi connectivity index (χ0) is 12.7. The highest BCUT2D eigenvalue weighted by atomic mass is 32.1. The Morgan fingerprint density at radius 1 is 1.39 bits per heavy atom. The third-order valence-corrected chi connectivity index (χ3v) is 3.32. The van der Waals surface area contributed by atoms with Gasteiger partial charge in [-0.05, 0) is 37.1 Å². The van der Waals surface area contributed by atoms with Crippen molar-refractivity contribution < 1.29 is 4.39 Å². The Morgan fingerprint density at radius 3 is 2.78 bits per heavy atom. The average molecular weight is 261 g/mol. The fourth-order valence-electron chi connectivity index (χ4n) is 1.91. The van der Waals surface area contributed by atoms with Crippen LogP contribution < -0.4 is 5.73 Å². The van der Waals surface area contributed by atoms with E-state index in [-0.39, 0.29) is 10.8 Å². The van der Waals surface area contributed by atoms with Crippen LogP contribution in [0.2, 0.25) is 0 Å². The summed E-state index contributed by atoms with van der Waals surface area (Å²) in [7, 11) is 0. The predicted octanol–water partition coefficient (Wildman–Crippen LogP) is 2.52. The minimum Gasteiger partial charge on any atom is -0.389 e. The van der Waals surface area contributed by atoms with Crippen molar-refractivity contribution in [2.24, 2.45) is 5.73 Å². The van der Waals surface area contributed by atoms with Gasteiger partial charge in [0, 0.05) is 17.7 Å². The SMILES string of the molecule is NC(=S)c1ccc(-n2ccc(C3CC3)n2)c(F)c1. The number of aromatic nitrogens is 2. The molecule has 1 heterocycles. The van der Waals surface area contributed by atoms with Gasteiger partial charge < -0.3 is 5.73 Å². The molecule has 1 fully saturated rings. The second-order valence-corrected chi connectivity index (χ2v) is 4.93. The Hall–Kier alpha value is -1.75. The van der Waals surface area contributed by atoms with E-state index >= 15 is 0 Å². The van der Waals surface area contributed by atoms with Crippen molar-refractivity contribution in [3.05, 3.63) is 47.5 Å². The van der Waals surface area contributed by atoms with Crippen LogP contribution >= 0.6 is 12.2 Å². The number of rotatable bonds is 3. The molecule has 2 N–H and O–H groups in total. The topological polar surface area (TPSA) is 43.8 Å². The van der Waals surface area contributed by atoms with E-state index < -0.39 is 0 Å². The summed E-state index contributed by atoms with van der Waals surface area (Å²) in [5.74, 6) is 0.191. The lowest BCUT2D eigenvalue weighted by molar-refractivity contribution is 0.609. The number of halogens is 1. The van der Waals surface area contributed by atoms with Crippen molar-refractivity contribution >= 4 is 17.2 Å². The minimum absolute atomic E-state index is 0.194. The Kier molecular flexibility index (Phi) is 2.63. The Bertz CT molecular complexity index is 616. The molecule has 0 radical (unpaired) electrons. The van der Waals surface area contributed by atoms with E-state index in [9.17, 15) is 4.39 Å². The number of hydrogen-bond donors (Lipinski definition) is 1. The summed E-state index contributed by atoms with van der Waals surface area (Å²) in [5, 5.41) is 4.39. The Balaban J connectivity index is 1.97. The molecule has 1 aliphatic carbocycles. The number of nitrogens with two attached hydrogens (primary N) is 1. The van der Waals surface area contributed by atoms with Gasteiger partial charge in [-0.3, -0.25) is 0 Å². The molecule has 2 aromatic rings. The van der Waals surface area contributed by atoms with Gasteiger partial charge in [0.15, 0.2) is 0 Å². The zero-order valence-corrected chi connectivity index (χ0v) is 10.5. The fourth-order valence-corrected chi connectivity index (χ4v) is 2.04. The van der Waals surface area contributed by atoms with Crippen molar-refractivity contribution in [3.63, 3.8) is 0 Å². The summed E-state index contributed by atoms with van der Waals surface area (Å²) in [6.07, 6.45) is 4.15. The molecule has 1 saturated carbocycles. The molecule has 0 bridgehead atoms. The van der Waals surface area contributed by atoms with Crippen LogP contribution in [0, 0.1) is 5.82 Å². The first-order valence-electron chi connectivity index (χ1n) is 5.80. The van der Waals surface area contributed by atoms with E-state index in [0.717, 1.165) is 5.69 Å². The van der Waals surface area contributed by atoms with Crippen LogP contribution in [0.3, 0.4) is 0 Å². The lowest BCUT2D eigenvalue weighted by Crippen LogP contribution is -2.10. The van der Waals surface area contributed by atoms with Gasteiger partial charge in [-0.15, -0.1) is 0 Å². The highest BCUT2D eigenvalue weighted by Gasteiger charge is 2.26. The normalized spacial score (nSPS) is 14.7. The molecule has 0 spiro atoms. The van der Waals surface area contributed by atoms with Crippen molar-refractivity contribution in [3.8, 4) is 5.69 Å². The first-order valence-corrected chi connectivity index (χ1v) is 6.21. The van der Waals surface area contributed by atoms with Crippen molar-refractivity contribution in [1.29, 1.82) is 0 Å². The summed E-state index contributed by atoms with van der Waals surface area (Å²) in [6, 6.07) is 6.64. The number of benzene rings is 1. The molecule has 1 aromatic heterocycles. The maximum atomic E-state index is 13.9. The van der Waals surface area contributed by atoms with E-state index in [1.165, 1.54) is 18.9 Å². The van der Waals surface area contributed by atoms with Crippen molar-refractivity contribution in [1.82, 2.24) is 9.78 Å². The van der Waals surface area contributed by atoms with Crippen LogP contribution in [-0.2, 0) is 0 Å². The molecule has 0 amide bonds. The second-order valence-electron chi connectivity index (χ2n) is 4.49. The smallest absolute Gasteiger partial charge is 0.149 e. The van der Waals surface area contributed by atoms with Gasteiger partial charge in [-0.25, -0.2) is 9.07 Å². The molecular weight excluding hydrogens is 249 g/mol. The summed E-state index contributed by atoms with van der Waals surface area (Å²) >= 11 is 4.82. The maximum absolute atomic E-state index is 13.9. The van der Waals surface area contributed by atoms with Gasteiger partial charge in [-0.1, -0.05) is 12.2 Å². The molecule has 3 nitrogen and oxygen atoms in total. The van der Waals surface area contributed by atoms with Crippen molar-refractivity contribution in [2.75, 3.05) is 0 Å². The molecule has 0 aliphatic heterocycles. The summed E-state index contributed by atoms with van der Waals surface area (Å²) in [5.41, 5.74) is 7.45. The van der Waals surface area contributed by atoms with E-state index in [2.05, 4.69) is 5.10 Å². The summed E-state index contributed by atoms with van der Waals surface area (Å²) < 4.78 is 15.5. The highest BCUT2D eigenvalue weighted by molar-refractivity contribution is 7.80. The molecule has 0 unspecified atom stereocenters. The maximum Gasteiger partial charge on any atom is 0.149 e. The van der Waals surface area contributed by atoms with E-state index in [1.807, 2.05) is 6.07 Å². The van der Waals surface area contributed by atoms with Gasteiger partial charge in [0.1, 0.15) is 16.5 Å². The molecule has 92 valence electrons. The number of thiocarbonyl (C=S) groups is 1. The van der Waals surface area contributed by atoms with Crippen LogP contribution in [0.4, 0.5) is 4.39 Å². The molecule has 0 saturated heterocycles. The van der Waals surface area contributed by atoms with Gasteiger partial charge in [0.2, 0.25) is 0 Å². The number of nitrogens with zero attached hydrogens (tertiary/aromatic N) is 2. The monoisotopic (exact) mass is 261 g/mol. The largest absolute Gasteiger partial charge is 0.389 e.